The third-order valence-corrected chi connectivity index (χ3v) is 6.55. The first-order valence-corrected chi connectivity index (χ1v) is 10.2. The molecule has 4 nitrogen and oxygen atoms in total. The fourth-order valence-electron chi connectivity index (χ4n) is 1.89. The number of hydrogen-bond donors (Lipinski definition) is 1. The SMILES string of the molecule is CCCSc1nnc(S[C@@H](C)C(=O)Nc2ccc(C)cc2C)s1. The van der Waals surface area contributed by atoms with E-state index in [4.69, 9.17) is 0 Å². The van der Waals surface area contributed by atoms with Crippen molar-refractivity contribution in [1.82, 2.24) is 10.2 Å². The molecule has 0 bridgehead atoms. The highest BCUT2D eigenvalue weighted by atomic mass is 32.2. The number of hydrogen-bond acceptors (Lipinski definition) is 6. The monoisotopic (exact) mass is 367 g/mol. The van der Waals surface area contributed by atoms with Crippen LogP contribution in [0.2, 0.25) is 0 Å². The first-order valence-electron chi connectivity index (χ1n) is 7.50. The van der Waals surface area contributed by atoms with Gasteiger partial charge in [0.1, 0.15) is 0 Å². The summed E-state index contributed by atoms with van der Waals surface area (Å²) < 4.78 is 1.81. The lowest BCUT2D eigenvalue weighted by Gasteiger charge is -2.12. The van der Waals surface area contributed by atoms with E-state index in [-0.39, 0.29) is 11.2 Å². The van der Waals surface area contributed by atoms with Crippen molar-refractivity contribution >= 4 is 46.5 Å². The van der Waals surface area contributed by atoms with Crippen molar-refractivity contribution in [2.75, 3.05) is 11.1 Å². The molecule has 0 fully saturated rings. The van der Waals surface area contributed by atoms with Gasteiger partial charge < -0.3 is 5.32 Å². The van der Waals surface area contributed by atoms with Gasteiger partial charge in [-0.2, -0.15) is 0 Å². The third-order valence-electron chi connectivity index (χ3n) is 3.10. The molecule has 0 aliphatic heterocycles. The van der Waals surface area contributed by atoms with Crippen molar-refractivity contribution in [3.63, 3.8) is 0 Å². The van der Waals surface area contributed by atoms with Crippen LogP contribution in [-0.4, -0.2) is 27.1 Å². The number of carbonyl (C=O) groups excluding carboxylic acids is 1. The smallest absolute Gasteiger partial charge is 0.237 e. The average molecular weight is 368 g/mol. The number of rotatable bonds is 7. The molecule has 0 aliphatic rings. The van der Waals surface area contributed by atoms with E-state index >= 15 is 0 Å². The number of thioether (sulfide) groups is 2. The molecule has 124 valence electrons. The maximum atomic E-state index is 12.4. The molecule has 23 heavy (non-hydrogen) atoms. The van der Waals surface area contributed by atoms with Gasteiger partial charge in [-0.3, -0.25) is 4.79 Å². The summed E-state index contributed by atoms with van der Waals surface area (Å²) in [6.45, 7) is 8.08. The lowest BCUT2D eigenvalue weighted by molar-refractivity contribution is -0.115. The number of nitrogens with zero attached hydrogens (tertiary/aromatic N) is 2. The molecular weight excluding hydrogens is 346 g/mol. The van der Waals surface area contributed by atoms with Gasteiger partial charge in [-0.05, 0) is 38.8 Å². The van der Waals surface area contributed by atoms with Crippen molar-refractivity contribution in [3.8, 4) is 0 Å². The average Bonchev–Trinajstić information content (AvgIpc) is 2.95. The molecule has 0 aliphatic carbocycles. The summed E-state index contributed by atoms with van der Waals surface area (Å²) in [5.74, 6) is 1.03. The summed E-state index contributed by atoms with van der Waals surface area (Å²) in [7, 11) is 0. The first-order chi connectivity index (χ1) is 11.0. The van der Waals surface area contributed by atoms with Crippen LogP contribution in [0.25, 0.3) is 0 Å². The zero-order valence-corrected chi connectivity index (χ0v) is 16.2. The van der Waals surface area contributed by atoms with E-state index in [0.29, 0.717) is 0 Å². The lowest BCUT2D eigenvalue weighted by Crippen LogP contribution is -2.22. The summed E-state index contributed by atoms with van der Waals surface area (Å²) in [6.07, 6.45) is 1.11. The van der Waals surface area contributed by atoms with Gasteiger partial charge >= 0.3 is 0 Å². The quantitative estimate of drug-likeness (QED) is 0.714. The third kappa shape index (κ3) is 5.51. The lowest BCUT2D eigenvalue weighted by atomic mass is 10.1. The Balaban J connectivity index is 1.93. The maximum absolute atomic E-state index is 12.4. The maximum Gasteiger partial charge on any atom is 0.237 e. The minimum atomic E-state index is -0.215. The van der Waals surface area contributed by atoms with Crippen LogP contribution in [0.1, 0.15) is 31.4 Å². The number of aryl methyl sites for hydroxylation is 2. The summed E-state index contributed by atoms with van der Waals surface area (Å²) in [6, 6.07) is 6.02. The van der Waals surface area contributed by atoms with E-state index in [9.17, 15) is 4.79 Å². The molecule has 2 rings (SSSR count). The van der Waals surface area contributed by atoms with E-state index in [1.807, 2.05) is 32.9 Å². The Morgan fingerprint density at radius 2 is 2.04 bits per heavy atom. The van der Waals surface area contributed by atoms with Gasteiger partial charge in [0.15, 0.2) is 8.68 Å². The molecule has 0 saturated heterocycles. The molecule has 1 atom stereocenters. The minimum Gasteiger partial charge on any atom is -0.325 e. The number of aromatic nitrogens is 2. The second kappa shape index (κ2) is 8.70. The molecule has 1 heterocycles. The highest BCUT2D eigenvalue weighted by Crippen LogP contribution is 2.31. The molecule has 0 spiro atoms. The van der Waals surface area contributed by atoms with Crippen LogP contribution in [0.15, 0.2) is 26.9 Å². The predicted molar refractivity (Wildman–Crippen MR) is 101 cm³/mol. The van der Waals surface area contributed by atoms with Crippen LogP contribution >= 0.6 is 34.9 Å². The highest BCUT2D eigenvalue weighted by molar-refractivity contribution is 8.03. The van der Waals surface area contributed by atoms with Crippen molar-refractivity contribution in [3.05, 3.63) is 29.3 Å². The van der Waals surface area contributed by atoms with Gasteiger partial charge in [0, 0.05) is 11.4 Å². The molecular formula is C16H21N3OS3. The molecule has 0 saturated carbocycles. The topological polar surface area (TPSA) is 54.9 Å². The molecule has 0 unspecified atom stereocenters. The second-order valence-corrected chi connectivity index (χ2v) is 9.16. The number of nitrogens with one attached hydrogen (secondary N) is 1. The molecule has 1 N–H and O–H groups in total. The van der Waals surface area contributed by atoms with E-state index in [1.165, 1.54) is 17.3 Å². The van der Waals surface area contributed by atoms with Crippen LogP contribution in [0.5, 0.6) is 0 Å². The largest absolute Gasteiger partial charge is 0.325 e. The molecule has 1 aromatic heterocycles. The highest BCUT2D eigenvalue weighted by Gasteiger charge is 2.18. The van der Waals surface area contributed by atoms with E-state index in [1.54, 1.807) is 23.1 Å². The Morgan fingerprint density at radius 3 is 2.74 bits per heavy atom. The van der Waals surface area contributed by atoms with Crippen LogP contribution in [0.4, 0.5) is 5.69 Å². The van der Waals surface area contributed by atoms with Crippen molar-refractivity contribution in [2.45, 2.75) is 48.0 Å². The summed E-state index contributed by atoms with van der Waals surface area (Å²) in [4.78, 5) is 12.4. The predicted octanol–water partition coefficient (Wildman–Crippen LogP) is 4.78. The molecule has 0 radical (unpaired) electrons. The Labute approximate surface area is 149 Å². The number of benzene rings is 1. The Morgan fingerprint density at radius 1 is 1.30 bits per heavy atom. The Hall–Kier alpha value is -1.05. The summed E-state index contributed by atoms with van der Waals surface area (Å²) >= 11 is 4.72. The van der Waals surface area contributed by atoms with E-state index < -0.39 is 0 Å². The molecule has 2 aromatic rings. The Kier molecular flexibility index (Phi) is 6.92. The zero-order chi connectivity index (χ0) is 16.8. The fraction of sp³-hybridized carbons (Fsp3) is 0.438. The second-order valence-electron chi connectivity index (χ2n) is 5.25. The van der Waals surface area contributed by atoms with Gasteiger partial charge in [-0.1, -0.05) is 59.5 Å². The van der Waals surface area contributed by atoms with Crippen LogP contribution in [0, 0.1) is 13.8 Å². The Bertz CT molecular complexity index is 672. The zero-order valence-electron chi connectivity index (χ0n) is 13.8. The molecule has 1 amide bonds. The van der Waals surface area contributed by atoms with Gasteiger partial charge in [-0.25, -0.2) is 0 Å². The number of anilines is 1. The van der Waals surface area contributed by atoms with Crippen molar-refractivity contribution in [1.29, 1.82) is 0 Å². The number of carbonyl (C=O) groups is 1. The van der Waals surface area contributed by atoms with Gasteiger partial charge in [0.2, 0.25) is 5.91 Å². The van der Waals surface area contributed by atoms with Gasteiger partial charge in [0.25, 0.3) is 0 Å². The van der Waals surface area contributed by atoms with Gasteiger partial charge in [0.05, 0.1) is 5.25 Å². The first kappa shape index (κ1) is 18.3. The minimum absolute atomic E-state index is 0.0140. The summed E-state index contributed by atoms with van der Waals surface area (Å²) in [5.41, 5.74) is 3.13. The van der Waals surface area contributed by atoms with Crippen LogP contribution in [-0.2, 0) is 4.79 Å². The van der Waals surface area contributed by atoms with Crippen LogP contribution in [0.3, 0.4) is 0 Å². The van der Waals surface area contributed by atoms with Crippen LogP contribution < -0.4 is 5.32 Å². The standard InChI is InChI=1S/C16H21N3OS3/c1-5-8-21-15-18-19-16(23-15)22-12(4)14(20)17-13-7-6-10(2)9-11(13)3/h6-7,9,12H,5,8H2,1-4H3,(H,17,20)/t12-/m0/s1. The number of amides is 1. The summed E-state index contributed by atoms with van der Waals surface area (Å²) in [5, 5.41) is 11.1. The van der Waals surface area contributed by atoms with Crippen molar-refractivity contribution < 1.29 is 4.79 Å². The van der Waals surface area contributed by atoms with Gasteiger partial charge in [-0.15, -0.1) is 10.2 Å². The van der Waals surface area contributed by atoms with E-state index in [0.717, 1.165) is 32.1 Å². The van der Waals surface area contributed by atoms with Crippen molar-refractivity contribution in [2.24, 2.45) is 0 Å². The fourth-order valence-corrected chi connectivity index (χ4v) is 4.97. The van der Waals surface area contributed by atoms with E-state index in [2.05, 4.69) is 28.5 Å². The molecule has 7 heteroatoms. The normalized spacial score (nSPS) is 12.2. The molecule has 1 aromatic carbocycles.